The maximum Gasteiger partial charge on any atom is 0.227 e. The Morgan fingerprint density at radius 3 is 2.50 bits per heavy atom. The van der Waals surface area contributed by atoms with E-state index in [9.17, 15) is 9.90 Å². The van der Waals surface area contributed by atoms with Gasteiger partial charge in [-0.2, -0.15) is 0 Å². The number of ether oxygens (including phenoxy) is 1. The average molecular weight is 410 g/mol. The van der Waals surface area contributed by atoms with Gasteiger partial charge in [0.05, 0.1) is 12.5 Å². The van der Waals surface area contributed by atoms with Crippen LogP contribution in [0.25, 0.3) is 0 Å². The molecule has 0 spiro atoms. The van der Waals surface area contributed by atoms with E-state index in [1.165, 1.54) is 5.56 Å². The molecule has 2 atom stereocenters. The number of amides is 1. The number of aliphatic hydroxyl groups excluding tert-OH is 1. The minimum Gasteiger partial charge on any atom is -0.485 e. The summed E-state index contributed by atoms with van der Waals surface area (Å²) in [7, 11) is 0. The Hall–Kier alpha value is -2.41. The van der Waals surface area contributed by atoms with Crippen molar-refractivity contribution in [2.75, 3.05) is 26.2 Å². The second kappa shape index (κ2) is 8.38. The van der Waals surface area contributed by atoms with Crippen LogP contribution in [0.4, 0.5) is 0 Å². The quantitative estimate of drug-likeness (QED) is 0.809. The monoisotopic (exact) mass is 409 g/mol. The van der Waals surface area contributed by atoms with Gasteiger partial charge in [0.15, 0.2) is 0 Å². The van der Waals surface area contributed by atoms with Crippen molar-refractivity contribution >= 4 is 5.91 Å². The minimum absolute atomic E-state index is 0.125. The zero-order valence-electron chi connectivity index (χ0n) is 17.8. The molecule has 0 unspecified atom stereocenters. The van der Waals surface area contributed by atoms with Gasteiger partial charge in [0.2, 0.25) is 5.91 Å². The van der Waals surface area contributed by atoms with Crippen LogP contribution >= 0.6 is 0 Å². The van der Waals surface area contributed by atoms with Crippen LogP contribution in [0.3, 0.4) is 0 Å². The van der Waals surface area contributed by atoms with Crippen LogP contribution in [0, 0.1) is 0 Å². The fraction of sp³-hybridized carbons (Fsp3) is 0.458. The molecule has 2 aliphatic rings. The van der Waals surface area contributed by atoms with Crippen molar-refractivity contribution in [3.05, 3.63) is 65.2 Å². The summed E-state index contributed by atoms with van der Waals surface area (Å²) in [6.45, 7) is 7.82. The maximum absolute atomic E-state index is 12.8. The Kier molecular flexibility index (Phi) is 5.82. The van der Waals surface area contributed by atoms with E-state index >= 15 is 0 Å². The third-order valence-electron chi connectivity index (χ3n) is 6.19. The topological polar surface area (TPSA) is 79.0 Å². The van der Waals surface area contributed by atoms with E-state index in [4.69, 9.17) is 10.5 Å². The van der Waals surface area contributed by atoms with Crippen LogP contribution < -0.4 is 10.5 Å². The summed E-state index contributed by atoms with van der Waals surface area (Å²) in [5, 5.41) is 10.4. The summed E-state index contributed by atoms with van der Waals surface area (Å²) in [5.41, 5.74) is 8.49. The number of rotatable bonds is 4. The number of fused-ring (bicyclic) bond motifs is 1. The van der Waals surface area contributed by atoms with E-state index in [0.29, 0.717) is 12.2 Å². The van der Waals surface area contributed by atoms with E-state index in [0.717, 1.165) is 43.9 Å². The Labute approximate surface area is 178 Å². The molecule has 30 heavy (non-hydrogen) atoms. The van der Waals surface area contributed by atoms with Crippen molar-refractivity contribution in [3.8, 4) is 5.75 Å². The highest BCUT2D eigenvalue weighted by molar-refractivity contribution is 5.79. The summed E-state index contributed by atoms with van der Waals surface area (Å²) in [6, 6.07) is 15.6. The molecule has 0 saturated carbocycles. The highest BCUT2D eigenvalue weighted by atomic mass is 16.5. The van der Waals surface area contributed by atoms with Crippen molar-refractivity contribution in [3.63, 3.8) is 0 Å². The number of nitrogens with two attached hydrogens (primary N) is 1. The molecule has 0 radical (unpaired) electrons. The molecule has 2 aliphatic heterocycles. The molecule has 3 N–H and O–H groups in total. The minimum atomic E-state index is -0.798. The predicted molar refractivity (Wildman–Crippen MR) is 116 cm³/mol. The van der Waals surface area contributed by atoms with Crippen molar-refractivity contribution in [1.29, 1.82) is 0 Å². The number of piperazine rings is 1. The summed E-state index contributed by atoms with van der Waals surface area (Å²) in [4.78, 5) is 17.2. The second-order valence-corrected chi connectivity index (χ2v) is 8.87. The Bertz CT molecular complexity index is 892. The van der Waals surface area contributed by atoms with Crippen LogP contribution in [-0.4, -0.2) is 58.7 Å². The number of carbonyl (C=O) groups excluding carboxylic acids is 1. The standard InChI is InChI=1S/C24H31N3O3/c1-24(2)23(29)22(25)19-14-18(8-9-20(19)30-24)15-21(28)27-12-10-26(11-13-27)16-17-6-4-3-5-7-17/h3-9,14,22-23,29H,10-13,15-16,25H2,1-2H3/t22-,23+/m1/s1. The van der Waals surface area contributed by atoms with Crippen LogP contribution in [0.15, 0.2) is 48.5 Å². The largest absolute Gasteiger partial charge is 0.485 e. The lowest BCUT2D eigenvalue weighted by Crippen LogP contribution is -2.51. The molecule has 6 nitrogen and oxygen atoms in total. The van der Waals surface area contributed by atoms with E-state index in [1.54, 1.807) is 0 Å². The number of hydrogen-bond acceptors (Lipinski definition) is 5. The van der Waals surface area contributed by atoms with Gasteiger partial charge in [-0.05, 0) is 37.1 Å². The van der Waals surface area contributed by atoms with Gasteiger partial charge in [0.25, 0.3) is 0 Å². The fourth-order valence-electron chi connectivity index (χ4n) is 4.29. The normalized spacial score (nSPS) is 23.5. The molecule has 6 heteroatoms. The number of benzene rings is 2. The first-order valence-electron chi connectivity index (χ1n) is 10.6. The lowest BCUT2D eigenvalue weighted by molar-refractivity contribution is -0.132. The van der Waals surface area contributed by atoms with Gasteiger partial charge in [0.1, 0.15) is 17.5 Å². The molecule has 0 bridgehead atoms. The molecular formula is C24H31N3O3. The SMILES string of the molecule is CC1(C)Oc2ccc(CC(=O)N3CCN(Cc4ccccc4)CC3)cc2[C@@H](N)[C@@H]1O. The van der Waals surface area contributed by atoms with Crippen molar-refractivity contribution < 1.29 is 14.6 Å². The molecular weight excluding hydrogens is 378 g/mol. The van der Waals surface area contributed by atoms with Crippen molar-refractivity contribution in [2.24, 2.45) is 5.73 Å². The molecule has 4 rings (SSSR count). The fourth-order valence-corrected chi connectivity index (χ4v) is 4.29. The molecule has 1 amide bonds. The third kappa shape index (κ3) is 4.36. The smallest absolute Gasteiger partial charge is 0.227 e. The van der Waals surface area contributed by atoms with E-state index in [1.807, 2.05) is 43.0 Å². The van der Waals surface area contributed by atoms with Crippen LogP contribution in [0.5, 0.6) is 5.75 Å². The number of aliphatic hydroxyl groups is 1. The van der Waals surface area contributed by atoms with Gasteiger partial charge in [-0.1, -0.05) is 36.4 Å². The first-order valence-corrected chi connectivity index (χ1v) is 10.6. The average Bonchev–Trinajstić information content (AvgIpc) is 2.74. The number of carbonyl (C=O) groups is 1. The Morgan fingerprint density at radius 1 is 1.10 bits per heavy atom. The summed E-state index contributed by atoms with van der Waals surface area (Å²) in [5.74, 6) is 0.809. The van der Waals surface area contributed by atoms with Gasteiger partial charge in [-0.3, -0.25) is 9.69 Å². The summed E-state index contributed by atoms with van der Waals surface area (Å²) < 4.78 is 5.91. The number of nitrogens with zero attached hydrogens (tertiary/aromatic N) is 2. The van der Waals surface area contributed by atoms with Gasteiger partial charge in [0, 0.05) is 38.3 Å². The van der Waals surface area contributed by atoms with Crippen molar-refractivity contribution in [2.45, 2.75) is 44.6 Å². The molecule has 2 aromatic carbocycles. The van der Waals surface area contributed by atoms with E-state index < -0.39 is 17.7 Å². The zero-order chi connectivity index (χ0) is 21.3. The van der Waals surface area contributed by atoms with Crippen molar-refractivity contribution in [1.82, 2.24) is 9.80 Å². The van der Waals surface area contributed by atoms with Crippen LogP contribution in [0.2, 0.25) is 0 Å². The van der Waals surface area contributed by atoms with E-state index in [-0.39, 0.29) is 5.91 Å². The summed E-state index contributed by atoms with van der Waals surface area (Å²) in [6.07, 6.45) is -0.466. The first-order chi connectivity index (χ1) is 14.3. The molecule has 0 aromatic heterocycles. The van der Waals surface area contributed by atoms with Crippen LogP contribution in [-0.2, 0) is 17.8 Å². The van der Waals surface area contributed by atoms with Gasteiger partial charge < -0.3 is 20.5 Å². The molecule has 1 fully saturated rings. The lowest BCUT2D eigenvalue weighted by atomic mass is 9.86. The highest BCUT2D eigenvalue weighted by Gasteiger charge is 2.41. The van der Waals surface area contributed by atoms with Gasteiger partial charge in [-0.25, -0.2) is 0 Å². The highest BCUT2D eigenvalue weighted by Crippen LogP contribution is 2.39. The predicted octanol–water partition coefficient (Wildman–Crippen LogP) is 2.11. The Morgan fingerprint density at radius 2 is 1.80 bits per heavy atom. The van der Waals surface area contributed by atoms with E-state index in [2.05, 4.69) is 29.2 Å². The molecule has 0 aliphatic carbocycles. The first kappa shape index (κ1) is 20.8. The number of hydrogen-bond donors (Lipinski definition) is 2. The molecule has 160 valence electrons. The molecule has 1 saturated heterocycles. The molecule has 2 heterocycles. The van der Waals surface area contributed by atoms with Gasteiger partial charge >= 0.3 is 0 Å². The third-order valence-corrected chi connectivity index (χ3v) is 6.19. The lowest BCUT2D eigenvalue weighted by Gasteiger charge is -2.40. The van der Waals surface area contributed by atoms with Crippen LogP contribution in [0.1, 0.15) is 36.6 Å². The molecule has 2 aromatic rings. The maximum atomic E-state index is 12.8. The zero-order valence-corrected chi connectivity index (χ0v) is 17.8. The second-order valence-electron chi connectivity index (χ2n) is 8.87. The Balaban J connectivity index is 1.35. The van der Waals surface area contributed by atoms with Gasteiger partial charge in [-0.15, -0.1) is 0 Å². The summed E-state index contributed by atoms with van der Waals surface area (Å²) >= 11 is 0.